The van der Waals surface area contributed by atoms with Crippen molar-refractivity contribution in [1.82, 2.24) is 20.1 Å². The maximum atomic E-state index is 12.4. The van der Waals surface area contributed by atoms with E-state index in [2.05, 4.69) is 31.4 Å². The fourth-order valence-electron chi connectivity index (χ4n) is 2.83. The van der Waals surface area contributed by atoms with Crippen LogP contribution in [0.2, 0.25) is 0 Å². The zero-order valence-corrected chi connectivity index (χ0v) is 19.7. The molecule has 158 valence electrons. The first-order valence-corrected chi connectivity index (χ1v) is 11.6. The summed E-state index contributed by atoms with van der Waals surface area (Å²) in [4.78, 5) is 12.4. The standard InChI is InChI=1S/C22H25BrN4O2S/c1-4-14-24-21(28)15(3)30-22-26-25-20(16-6-8-17(23)9-7-16)27(22)18-10-12-19(13-11-18)29-5-2/h6-13,15H,4-5,14H2,1-3H3,(H,24,28). The van der Waals surface area contributed by atoms with Crippen LogP contribution in [-0.4, -0.2) is 39.1 Å². The van der Waals surface area contributed by atoms with Crippen LogP contribution in [-0.2, 0) is 4.79 Å². The summed E-state index contributed by atoms with van der Waals surface area (Å²) in [6, 6.07) is 15.7. The van der Waals surface area contributed by atoms with E-state index in [9.17, 15) is 4.79 Å². The highest BCUT2D eigenvalue weighted by atomic mass is 79.9. The number of carbonyl (C=O) groups is 1. The second kappa shape index (κ2) is 10.6. The van der Waals surface area contributed by atoms with E-state index in [1.807, 2.05) is 73.9 Å². The first-order chi connectivity index (χ1) is 14.5. The van der Waals surface area contributed by atoms with Gasteiger partial charge in [-0.05, 0) is 56.7 Å². The maximum Gasteiger partial charge on any atom is 0.233 e. The lowest BCUT2D eigenvalue weighted by Gasteiger charge is -2.14. The fourth-order valence-corrected chi connectivity index (χ4v) is 3.98. The molecule has 1 unspecified atom stereocenters. The second-order valence-corrected chi connectivity index (χ2v) is 8.85. The number of ether oxygens (including phenoxy) is 1. The van der Waals surface area contributed by atoms with E-state index in [0.717, 1.165) is 33.7 Å². The van der Waals surface area contributed by atoms with E-state index in [0.29, 0.717) is 18.3 Å². The smallest absolute Gasteiger partial charge is 0.233 e. The van der Waals surface area contributed by atoms with Crippen LogP contribution in [0.4, 0.5) is 0 Å². The van der Waals surface area contributed by atoms with E-state index >= 15 is 0 Å². The lowest BCUT2D eigenvalue weighted by Crippen LogP contribution is -2.31. The van der Waals surface area contributed by atoms with Crippen LogP contribution < -0.4 is 10.1 Å². The molecule has 30 heavy (non-hydrogen) atoms. The Morgan fingerprint density at radius 1 is 1.13 bits per heavy atom. The largest absolute Gasteiger partial charge is 0.494 e. The van der Waals surface area contributed by atoms with Crippen LogP contribution in [0.15, 0.2) is 58.2 Å². The molecule has 3 aromatic rings. The summed E-state index contributed by atoms with van der Waals surface area (Å²) in [7, 11) is 0. The van der Waals surface area contributed by atoms with Gasteiger partial charge in [-0.15, -0.1) is 10.2 Å². The van der Waals surface area contributed by atoms with Gasteiger partial charge in [0.05, 0.1) is 11.9 Å². The average molecular weight is 489 g/mol. The average Bonchev–Trinajstić information content (AvgIpc) is 3.16. The predicted molar refractivity (Wildman–Crippen MR) is 124 cm³/mol. The number of hydrogen-bond acceptors (Lipinski definition) is 5. The molecule has 2 aromatic carbocycles. The van der Waals surface area contributed by atoms with Crippen molar-refractivity contribution in [3.63, 3.8) is 0 Å². The molecule has 0 aliphatic carbocycles. The maximum absolute atomic E-state index is 12.4. The minimum absolute atomic E-state index is 0.00622. The summed E-state index contributed by atoms with van der Waals surface area (Å²) >= 11 is 4.87. The van der Waals surface area contributed by atoms with E-state index in [4.69, 9.17) is 4.74 Å². The molecule has 0 saturated heterocycles. The molecule has 0 aliphatic heterocycles. The van der Waals surface area contributed by atoms with Crippen LogP contribution in [0, 0.1) is 0 Å². The molecule has 1 heterocycles. The van der Waals surface area contributed by atoms with Gasteiger partial charge in [-0.1, -0.05) is 46.7 Å². The molecule has 1 N–H and O–H groups in total. The van der Waals surface area contributed by atoms with Crippen molar-refractivity contribution in [2.45, 2.75) is 37.6 Å². The second-order valence-electron chi connectivity index (χ2n) is 6.63. The van der Waals surface area contributed by atoms with Crippen molar-refractivity contribution in [2.24, 2.45) is 0 Å². The number of rotatable bonds is 9. The zero-order chi connectivity index (χ0) is 21.5. The van der Waals surface area contributed by atoms with Crippen molar-refractivity contribution in [3.05, 3.63) is 53.0 Å². The van der Waals surface area contributed by atoms with Crippen LogP contribution in [0.3, 0.4) is 0 Å². The molecule has 8 heteroatoms. The van der Waals surface area contributed by atoms with E-state index in [1.165, 1.54) is 11.8 Å². The Morgan fingerprint density at radius 3 is 2.47 bits per heavy atom. The van der Waals surface area contributed by atoms with Crippen LogP contribution in [0.5, 0.6) is 5.75 Å². The summed E-state index contributed by atoms with van der Waals surface area (Å²) < 4.78 is 8.54. The Hall–Kier alpha value is -2.32. The number of thioether (sulfide) groups is 1. The Bertz CT molecular complexity index is 974. The number of benzene rings is 2. The van der Waals surface area contributed by atoms with Gasteiger partial charge in [-0.25, -0.2) is 0 Å². The van der Waals surface area contributed by atoms with Gasteiger partial charge >= 0.3 is 0 Å². The number of halogens is 1. The molecule has 0 saturated carbocycles. The Labute approximate surface area is 189 Å². The zero-order valence-electron chi connectivity index (χ0n) is 17.3. The lowest BCUT2D eigenvalue weighted by molar-refractivity contribution is -0.120. The molecule has 1 amide bonds. The first-order valence-electron chi connectivity index (χ1n) is 9.92. The van der Waals surface area contributed by atoms with Gasteiger partial charge in [0.1, 0.15) is 5.75 Å². The molecule has 3 rings (SSSR count). The van der Waals surface area contributed by atoms with Crippen molar-refractivity contribution in [3.8, 4) is 22.8 Å². The van der Waals surface area contributed by atoms with Crippen LogP contribution in [0.25, 0.3) is 17.1 Å². The SMILES string of the molecule is CCCNC(=O)C(C)Sc1nnc(-c2ccc(Br)cc2)n1-c1ccc(OCC)cc1. The van der Waals surface area contributed by atoms with Gasteiger partial charge in [0.2, 0.25) is 5.91 Å². The molecule has 6 nitrogen and oxygen atoms in total. The lowest BCUT2D eigenvalue weighted by atomic mass is 10.2. The molecule has 0 bridgehead atoms. The highest BCUT2D eigenvalue weighted by Crippen LogP contribution is 2.31. The Balaban J connectivity index is 1.98. The minimum atomic E-state index is -0.292. The normalized spacial score (nSPS) is 11.9. The van der Waals surface area contributed by atoms with E-state index < -0.39 is 0 Å². The third-order valence-corrected chi connectivity index (χ3v) is 5.91. The number of aromatic nitrogens is 3. The van der Waals surface area contributed by atoms with Crippen molar-refractivity contribution in [1.29, 1.82) is 0 Å². The third-order valence-electron chi connectivity index (χ3n) is 4.34. The van der Waals surface area contributed by atoms with E-state index in [-0.39, 0.29) is 11.2 Å². The molecular weight excluding hydrogens is 464 g/mol. The topological polar surface area (TPSA) is 69.0 Å². The Morgan fingerprint density at radius 2 is 1.83 bits per heavy atom. The van der Waals surface area contributed by atoms with Crippen molar-refractivity contribution < 1.29 is 9.53 Å². The molecule has 1 atom stereocenters. The van der Waals surface area contributed by atoms with Gasteiger partial charge < -0.3 is 10.1 Å². The highest BCUT2D eigenvalue weighted by Gasteiger charge is 2.21. The van der Waals surface area contributed by atoms with E-state index in [1.54, 1.807) is 0 Å². The highest BCUT2D eigenvalue weighted by molar-refractivity contribution is 9.10. The molecular formula is C22H25BrN4O2S. The number of amides is 1. The summed E-state index contributed by atoms with van der Waals surface area (Å²) in [5.74, 6) is 1.52. The molecule has 1 aromatic heterocycles. The van der Waals surface area contributed by atoms with Crippen LogP contribution >= 0.6 is 27.7 Å². The first kappa shape index (κ1) is 22.4. The fraction of sp³-hybridized carbons (Fsp3) is 0.318. The van der Waals surface area contributed by atoms with Gasteiger partial charge in [-0.3, -0.25) is 9.36 Å². The third kappa shape index (κ3) is 5.43. The number of carbonyl (C=O) groups excluding carboxylic acids is 1. The van der Waals surface area contributed by atoms with Gasteiger partial charge in [-0.2, -0.15) is 0 Å². The van der Waals surface area contributed by atoms with Gasteiger partial charge in [0, 0.05) is 22.3 Å². The van der Waals surface area contributed by atoms with Gasteiger partial charge in [0.25, 0.3) is 0 Å². The summed E-state index contributed by atoms with van der Waals surface area (Å²) in [6.45, 7) is 7.15. The monoisotopic (exact) mass is 488 g/mol. The summed E-state index contributed by atoms with van der Waals surface area (Å²) in [5.41, 5.74) is 1.85. The quantitative estimate of drug-likeness (QED) is 0.424. The van der Waals surface area contributed by atoms with Gasteiger partial charge in [0.15, 0.2) is 11.0 Å². The predicted octanol–water partition coefficient (Wildman–Crippen LogP) is 5.10. The molecule has 0 aliphatic rings. The Kier molecular flexibility index (Phi) is 7.93. The summed E-state index contributed by atoms with van der Waals surface area (Å²) in [5, 5.41) is 12.2. The number of nitrogens with zero attached hydrogens (tertiary/aromatic N) is 3. The summed E-state index contributed by atoms with van der Waals surface area (Å²) in [6.07, 6.45) is 0.902. The van der Waals surface area contributed by atoms with Crippen LogP contribution in [0.1, 0.15) is 27.2 Å². The molecule has 0 radical (unpaired) electrons. The number of nitrogens with one attached hydrogen (secondary N) is 1. The molecule has 0 spiro atoms. The van der Waals surface area contributed by atoms with Crippen molar-refractivity contribution >= 4 is 33.6 Å². The number of hydrogen-bond donors (Lipinski definition) is 1. The molecule has 0 fully saturated rings. The van der Waals surface area contributed by atoms with Crippen molar-refractivity contribution in [2.75, 3.05) is 13.2 Å². The minimum Gasteiger partial charge on any atom is -0.494 e.